The number of fused-ring (bicyclic) bond motifs is 1. The van der Waals surface area contributed by atoms with Gasteiger partial charge in [-0.1, -0.05) is 35.9 Å². The molecule has 4 nitrogen and oxygen atoms in total. The van der Waals surface area contributed by atoms with Crippen LogP contribution in [0.5, 0.6) is 0 Å². The van der Waals surface area contributed by atoms with Crippen LogP contribution in [0.2, 0.25) is 0 Å². The van der Waals surface area contributed by atoms with Gasteiger partial charge in [-0.05, 0) is 58.1 Å². The van der Waals surface area contributed by atoms with Gasteiger partial charge in [0.1, 0.15) is 5.82 Å². The lowest BCUT2D eigenvalue weighted by Gasteiger charge is -2.36. The zero-order chi connectivity index (χ0) is 18.1. The standard InChI is InChI=1S/C22H26N4.2ClH/c1-16-7-6-8-17(15-16)21-23-20-10-5-4-9-19(20)22(24-21)26(3)18-11-13-25(2)14-12-18;;/h4-10,15,18H,11-14H2,1-3H3;2*1H. The second-order valence-corrected chi connectivity index (χ2v) is 7.40. The molecule has 150 valence electrons. The van der Waals surface area contributed by atoms with Crippen LogP contribution in [0.25, 0.3) is 22.3 Å². The summed E-state index contributed by atoms with van der Waals surface area (Å²) in [5.74, 6) is 1.85. The summed E-state index contributed by atoms with van der Waals surface area (Å²) in [6.07, 6.45) is 2.34. The van der Waals surface area contributed by atoms with E-state index >= 15 is 0 Å². The van der Waals surface area contributed by atoms with Gasteiger partial charge < -0.3 is 9.80 Å². The van der Waals surface area contributed by atoms with Crippen molar-refractivity contribution >= 4 is 41.5 Å². The number of benzene rings is 2. The Morgan fingerprint density at radius 1 is 0.964 bits per heavy atom. The van der Waals surface area contributed by atoms with Crippen molar-refractivity contribution in [2.45, 2.75) is 25.8 Å². The first kappa shape index (κ1) is 22.4. The molecule has 0 saturated carbocycles. The third kappa shape index (κ3) is 4.57. The van der Waals surface area contributed by atoms with E-state index < -0.39 is 0 Å². The molecule has 4 rings (SSSR count). The van der Waals surface area contributed by atoms with Gasteiger partial charge in [0.2, 0.25) is 0 Å². The molecule has 28 heavy (non-hydrogen) atoms. The van der Waals surface area contributed by atoms with Crippen molar-refractivity contribution < 1.29 is 0 Å². The van der Waals surface area contributed by atoms with Crippen molar-refractivity contribution in [3.05, 3.63) is 54.1 Å². The molecule has 1 aliphatic heterocycles. The molecule has 0 radical (unpaired) electrons. The number of nitrogens with zero attached hydrogens (tertiary/aromatic N) is 4. The predicted molar refractivity (Wildman–Crippen MR) is 123 cm³/mol. The topological polar surface area (TPSA) is 32.3 Å². The summed E-state index contributed by atoms with van der Waals surface area (Å²) in [4.78, 5) is 14.6. The minimum atomic E-state index is 0. The molecule has 0 atom stereocenters. The van der Waals surface area contributed by atoms with E-state index in [1.165, 1.54) is 18.4 Å². The lowest BCUT2D eigenvalue weighted by atomic mass is 10.0. The largest absolute Gasteiger partial charge is 0.356 e. The quantitative estimate of drug-likeness (QED) is 0.600. The van der Waals surface area contributed by atoms with E-state index in [4.69, 9.17) is 9.97 Å². The van der Waals surface area contributed by atoms with Gasteiger partial charge in [0, 0.05) is 24.0 Å². The van der Waals surface area contributed by atoms with Crippen molar-refractivity contribution in [2.75, 3.05) is 32.1 Å². The van der Waals surface area contributed by atoms with E-state index in [1.54, 1.807) is 0 Å². The molecule has 3 aromatic rings. The zero-order valence-electron chi connectivity index (χ0n) is 16.6. The molecule has 0 spiro atoms. The fourth-order valence-corrected chi connectivity index (χ4v) is 3.80. The van der Waals surface area contributed by atoms with Gasteiger partial charge in [0.05, 0.1) is 5.52 Å². The summed E-state index contributed by atoms with van der Waals surface area (Å²) in [6.45, 7) is 4.39. The summed E-state index contributed by atoms with van der Waals surface area (Å²) >= 11 is 0. The highest BCUT2D eigenvalue weighted by Crippen LogP contribution is 2.30. The maximum Gasteiger partial charge on any atom is 0.162 e. The molecule has 0 aliphatic carbocycles. The van der Waals surface area contributed by atoms with Crippen LogP contribution in [0.15, 0.2) is 48.5 Å². The molecule has 1 saturated heterocycles. The molecule has 1 fully saturated rings. The molecule has 1 aliphatic rings. The second-order valence-electron chi connectivity index (χ2n) is 7.40. The van der Waals surface area contributed by atoms with Crippen LogP contribution < -0.4 is 4.90 Å². The Morgan fingerprint density at radius 2 is 1.68 bits per heavy atom. The SMILES string of the molecule is Cc1cccc(-c2nc(N(C)C3CCN(C)CC3)c3ccccc3n2)c1.Cl.Cl. The molecule has 0 unspecified atom stereocenters. The Hall–Kier alpha value is -1.88. The number of halogens is 2. The zero-order valence-corrected chi connectivity index (χ0v) is 18.3. The van der Waals surface area contributed by atoms with E-state index in [1.807, 2.05) is 0 Å². The van der Waals surface area contributed by atoms with Crippen molar-refractivity contribution in [2.24, 2.45) is 0 Å². The van der Waals surface area contributed by atoms with Crippen LogP contribution in [0.1, 0.15) is 18.4 Å². The van der Waals surface area contributed by atoms with E-state index in [-0.39, 0.29) is 24.8 Å². The third-order valence-corrected chi connectivity index (χ3v) is 5.43. The summed E-state index contributed by atoms with van der Waals surface area (Å²) in [5.41, 5.74) is 3.31. The molecule has 2 heterocycles. The number of anilines is 1. The van der Waals surface area contributed by atoms with Crippen molar-refractivity contribution in [1.29, 1.82) is 0 Å². The number of piperidine rings is 1. The van der Waals surface area contributed by atoms with E-state index in [2.05, 4.69) is 79.3 Å². The van der Waals surface area contributed by atoms with Crippen molar-refractivity contribution in [3.8, 4) is 11.4 Å². The molecule has 0 bridgehead atoms. The van der Waals surface area contributed by atoms with Gasteiger partial charge in [0.25, 0.3) is 0 Å². The number of aryl methyl sites for hydroxylation is 1. The van der Waals surface area contributed by atoms with Crippen LogP contribution in [0.4, 0.5) is 5.82 Å². The number of hydrogen-bond donors (Lipinski definition) is 0. The number of para-hydroxylation sites is 1. The summed E-state index contributed by atoms with van der Waals surface area (Å²) in [6, 6.07) is 17.3. The Balaban J connectivity index is 0.00000140. The van der Waals surface area contributed by atoms with Crippen molar-refractivity contribution in [1.82, 2.24) is 14.9 Å². The number of likely N-dealkylation sites (tertiary alicyclic amines) is 1. The van der Waals surface area contributed by atoms with Crippen LogP contribution in [-0.4, -0.2) is 48.1 Å². The minimum Gasteiger partial charge on any atom is -0.356 e. The monoisotopic (exact) mass is 418 g/mol. The Kier molecular flexibility index (Phi) is 7.64. The number of rotatable bonds is 3. The predicted octanol–water partition coefficient (Wildman–Crippen LogP) is 4.98. The smallest absolute Gasteiger partial charge is 0.162 e. The normalized spacial score (nSPS) is 15.0. The first-order valence-corrected chi connectivity index (χ1v) is 9.37. The maximum atomic E-state index is 5.01. The van der Waals surface area contributed by atoms with Crippen LogP contribution in [-0.2, 0) is 0 Å². The fraction of sp³-hybridized carbons (Fsp3) is 0.364. The van der Waals surface area contributed by atoms with Gasteiger partial charge in [-0.25, -0.2) is 9.97 Å². The molecular weight excluding hydrogens is 391 g/mol. The molecular formula is C22H28Cl2N4. The van der Waals surface area contributed by atoms with Gasteiger partial charge >= 0.3 is 0 Å². The van der Waals surface area contributed by atoms with Crippen LogP contribution in [0.3, 0.4) is 0 Å². The summed E-state index contributed by atoms with van der Waals surface area (Å²) in [5, 5.41) is 1.13. The molecule has 0 amide bonds. The molecule has 6 heteroatoms. The molecule has 0 N–H and O–H groups in total. The van der Waals surface area contributed by atoms with Gasteiger partial charge in [-0.15, -0.1) is 24.8 Å². The lowest BCUT2D eigenvalue weighted by Crippen LogP contribution is -2.42. The third-order valence-electron chi connectivity index (χ3n) is 5.43. The van der Waals surface area contributed by atoms with Gasteiger partial charge in [-0.2, -0.15) is 0 Å². The maximum absolute atomic E-state index is 5.01. The highest BCUT2D eigenvalue weighted by atomic mass is 35.5. The van der Waals surface area contributed by atoms with Crippen molar-refractivity contribution in [3.63, 3.8) is 0 Å². The fourth-order valence-electron chi connectivity index (χ4n) is 3.80. The van der Waals surface area contributed by atoms with Gasteiger partial charge in [0.15, 0.2) is 5.82 Å². The van der Waals surface area contributed by atoms with E-state index in [0.29, 0.717) is 6.04 Å². The Labute approximate surface area is 179 Å². The Bertz CT molecular complexity index is 923. The highest BCUT2D eigenvalue weighted by Gasteiger charge is 2.23. The Morgan fingerprint density at radius 3 is 2.39 bits per heavy atom. The molecule has 1 aromatic heterocycles. The summed E-state index contributed by atoms with van der Waals surface area (Å²) in [7, 11) is 4.39. The number of hydrogen-bond acceptors (Lipinski definition) is 4. The lowest BCUT2D eigenvalue weighted by molar-refractivity contribution is 0.252. The van der Waals surface area contributed by atoms with E-state index in [0.717, 1.165) is 41.2 Å². The number of aromatic nitrogens is 2. The van der Waals surface area contributed by atoms with Crippen LogP contribution in [0, 0.1) is 6.92 Å². The second kappa shape index (κ2) is 9.55. The van der Waals surface area contributed by atoms with Gasteiger partial charge in [-0.3, -0.25) is 0 Å². The summed E-state index contributed by atoms with van der Waals surface area (Å²) < 4.78 is 0. The highest BCUT2D eigenvalue weighted by molar-refractivity contribution is 5.91. The van der Waals surface area contributed by atoms with Crippen LogP contribution >= 0.6 is 24.8 Å². The first-order valence-electron chi connectivity index (χ1n) is 9.37. The van der Waals surface area contributed by atoms with E-state index in [9.17, 15) is 0 Å². The first-order chi connectivity index (χ1) is 12.6. The minimum absolute atomic E-state index is 0. The average Bonchev–Trinajstić information content (AvgIpc) is 2.67. The molecule has 2 aromatic carbocycles. The average molecular weight is 419 g/mol.